The summed E-state index contributed by atoms with van der Waals surface area (Å²) in [5.74, 6) is 0.219. The van der Waals surface area contributed by atoms with E-state index in [2.05, 4.69) is 36.2 Å². The maximum absolute atomic E-state index is 12.0. The van der Waals surface area contributed by atoms with Gasteiger partial charge in [0.15, 0.2) is 5.58 Å². The number of nitrogens with one attached hydrogen (secondary N) is 1. The van der Waals surface area contributed by atoms with Gasteiger partial charge in [0.25, 0.3) is 0 Å². The third-order valence-corrected chi connectivity index (χ3v) is 6.04. The minimum Gasteiger partial charge on any atom is -0.507 e. The highest BCUT2D eigenvalue weighted by molar-refractivity contribution is 5.86. The summed E-state index contributed by atoms with van der Waals surface area (Å²) in [5.41, 5.74) is 4.58. The lowest BCUT2D eigenvalue weighted by atomic mass is 9.99. The van der Waals surface area contributed by atoms with Gasteiger partial charge in [-0.25, -0.2) is 14.5 Å². The molecule has 1 unspecified atom stereocenters. The van der Waals surface area contributed by atoms with Crippen molar-refractivity contribution in [1.82, 2.24) is 14.8 Å². The molecule has 160 valence electrons. The van der Waals surface area contributed by atoms with Crippen molar-refractivity contribution in [2.24, 2.45) is 0 Å². The van der Waals surface area contributed by atoms with Gasteiger partial charge in [-0.05, 0) is 49.6 Å². The second kappa shape index (κ2) is 8.35. The predicted molar refractivity (Wildman–Crippen MR) is 119 cm³/mol. The molecule has 0 saturated carbocycles. The topological polar surface area (TPSA) is 85.6 Å². The Labute approximate surface area is 180 Å². The van der Waals surface area contributed by atoms with E-state index in [1.54, 1.807) is 11.0 Å². The molecule has 0 saturated heterocycles. The first kappa shape index (κ1) is 20.8. The molecule has 0 bridgehead atoms. The van der Waals surface area contributed by atoms with Crippen molar-refractivity contribution < 1.29 is 14.4 Å². The van der Waals surface area contributed by atoms with Crippen LogP contribution < -0.4 is 10.5 Å². The lowest BCUT2D eigenvalue weighted by Gasteiger charge is -2.23. The molecule has 0 aliphatic heterocycles. The zero-order valence-corrected chi connectivity index (χ0v) is 18.2. The van der Waals surface area contributed by atoms with Crippen molar-refractivity contribution >= 4 is 11.0 Å². The fourth-order valence-electron chi connectivity index (χ4n) is 3.97. The quantitative estimate of drug-likeness (QED) is 0.470. The van der Waals surface area contributed by atoms with E-state index in [1.807, 2.05) is 32.0 Å². The minimum atomic E-state index is -0.399. The molecule has 0 spiro atoms. The number of phenols is 1. The first-order valence-corrected chi connectivity index (χ1v) is 10.4. The highest BCUT2D eigenvalue weighted by Crippen LogP contribution is 2.32. The Morgan fingerprint density at radius 1 is 1.23 bits per heavy atom. The van der Waals surface area contributed by atoms with Crippen LogP contribution in [-0.4, -0.2) is 26.9 Å². The molecule has 7 nitrogen and oxygen atoms in total. The summed E-state index contributed by atoms with van der Waals surface area (Å²) in [5, 5.41) is 16.0. The Kier molecular flexibility index (Phi) is 5.61. The molecule has 2 aromatic carbocycles. The molecule has 2 heterocycles. The molecule has 31 heavy (non-hydrogen) atoms. The molecular weight excluding hydrogens is 392 g/mol. The number of aromatic nitrogens is 3. The van der Waals surface area contributed by atoms with Gasteiger partial charge in [0.2, 0.25) is 0 Å². The van der Waals surface area contributed by atoms with Crippen molar-refractivity contribution in [2.45, 2.75) is 39.8 Å². The van der Waals surface area contributed by atoms with E-state index in [-0.39, 0.29) is 11.8 Å². The Balaban J connectivity index is 1.67. The molecule has 2 N–H and O–H groups in total. The van der Waals surface area contributed by atoms with Crippen molar-refractivity contribution in [2.75, 3.05) is 7.05 Å². The van der Waals surface area contributed by atoms with Crippen LogP contribution in [0.3, 0.4) is 0 Å². The van der Waals surface area contributed by atoms with E-state index >= 15 is 0 Å². The summed E-state index contributed by atoms with van der Waals surface area (Å²) in [6.45, 7) is 6.57. The standard InChI is InChI=1S/C24H26N4O3/c1-5-17-11-20-15(2)10-22(29)31-24(20)21(23(17)30)12-27(4)16(3)18-6-8-19(9-7-18)28-14-25-13-26-28/h6-11,13-14,16,30H,5,12H2,1-4H3/p+1/t16-/m1/s1. The van der Waals surface area contributed by atoms with Crippen LogP contribution in [0.25, 0.3) is 16.7 Å². The zero-order valence-electron chi connectivity index (χ0n) is 18.2. The molecule has 2 aromatic heterocycles. The highest BCUT2D eigenvalue weighted by atomic mass is 16.4. The van der Waals surface area contributed by atoms with Crippen LogP contribution in [0.5, 0.6) is 5.75 Å². The third-order valence-electron chi connectivity index (χ3n) is 6.04. The number of fused-ring (bicyclic) bond motifs is 1. The summed E-state index contributed by atoms with van der Waals surface area (Å²) in [6, 6.07) is 11.8. The number of quaternary nitrogens is 1. The Morgan fingerprint density at radius 2 is 1.97 bits per heavy atom. The van der Waals surface area contributed by atoms with Gasteiger partial charge in [-0.2, -0.15) is 5.10 Å². The SMILES string of the molecule is CCc1cc2c(C)cc(=O)oc2c(C[NH+](C)[C@H](C)c2ccc(-n3cncn3)cc2)c1O. The van der Waals surface area contributed by atoms with E-state index in [1.165, 1.54) is 17.3 Å². The summed E-state index contributed by atoms with van der Waals surface area (Å²) < 4.78 is 7.27. The molecule has 0 fully saturated rings. The fraction of sp³-hybridized carbons (Fsp3) is 0.292. The molecule has 2 atom stereocenters. The van der Waals surface area contributed by atoms with Crippen molar-refractivity contribution in [3.8, 4) is 11.4 Å². The summed E-state index contributed by atoms with van der Waals surface area (Å²) in [4.78, 5) is 17.2. The van der Waals surface area contributed by atoms with Crippen LogP contribution in [0.15, 0.2) is 58.3 Å². The third kappa shape index (κ3) is 3.96. The first-order valence-electron chi connectivity index (χ1n) is 10.4. The Bertz CT molecular complexity index is 1260. The Hall–Kier alpha value is -3.45. The van der Waals surface area contributed by atoms with Gasteiger partial charge in [-0.15, -0.1) is 0 Å². The molecule has 0 aliphatic rings. The van der Waals surface area contributed by atoms with Gasteiger partial charge < -0.3 is 14.4 Å². The van der Waals surface area contributed by atoms with Crippen molar-refractivity contribution in [3.05, 3.63) is 81.7 Å². The van der Waals surface area contributed by atoms with Gasteiger partial charge in [-0.1, -0.05) is 19.1 Å². The smallest absolute Gasteiger partial charge is 0.336 e. The largest absolute Gasteiger partial charge is 0.507 e. The van der Waals surface area contributed by atoms with Crippen LogP contribution in [0.4, 0.5) is 0 Å². The van der Waals surface area contributed by atoms with E-state index < -0.39 is 5.63 Å². The average Bonchev–Trinajstić information content (AvgIpc) is 3.30. The van der Waals surface area contributed by atoms with Gasteiger partial charge in [0, 0.05) is 17.0 Å². The van der Waals surface area contributed by atoms with Crippen LogP contribution in [0.1, 0.15) is 42.1 Å². The number of hydrogen-bond donors (Lipinski definition) is 2. The number of aromatic hydroxyl groups is 1. The van der Waals surface area contributed by atoms with Crippen LogP contribution >= 0.6 is 0 Å². The number of hydrogen-bond acceptors (Lipinski definition) is 5. The lowest BCUT2D eigenvalue weighted by molar-refractivity contribution is -0.923. The van der Waals surface area contributed by atoms with E-state index in [4.69, 9.17) is 4.42 Å². The maximum Gasteiger partial charge on any atom is 0.336 e. The molecule has 7 heteroatoms. The molecule has 4 aromatic rings. The van der Waals surface area contributed by atoms with Crippen LogP contribution in [0.2, 0.25) is 0 Å². The van der Waals surface area contributed by atoms with E-state index in [9.17, 15) is 9.90 Å². The van der Waals surface area contributed by atoms with Crippen molar-refractivity contribution in [3.63, 3.8) is 0 Å². The van der Waals surface area contributed by atoms with E-state index in [0.29, 0.717) is 24.1 Å². The number of nitrogens with zero attached hydrogens (tertiary/aromatic N) is 3. The maximum atomic E-state index is 12.0. The Morgan fingerprint density at radius 3 is 2.61 bits per heavy atom. The number of benzene rings is 2. The van der Waals surface area contributed by atoms with Gasteiger partial charge >= 0.3 is 5.63 Å². The van der Waals surface area contributed by atoms with Gasteiger partial charge in [0.1, 0.15) is 31.0 Å². The monoisotopic (exact) mass is 419 g/mol. The molecule has 0 amide bonds. The number of phenolic OH excluding ortho intramolecular Hbond substituents is 1. The molecule has 0 aliphatic carbocycles. The molecule has 0 radical (unpaired) electrons. The highest BCUT2D eigenvalue weighted by Gasteiger charge is 2.23. The normalized spacial score (nSPS) is 13.4. The molecular formula is C24H27N4O3+. The van der Waals surface area contributed by atoms with Crippen molar-refractivity contribution in [1.29, 1.82) is 0 Å². The lowest BCUT2D eigenvalue weighted by Crippen LogP contribution is -3.07. The average molecular weight is 420 g/mol. The fourth-order valence-corrected chi connectivity index (χ4v) is 3.97. The van der Waals surface area contributed by atoms with Gasteiger partial charge in [-0.3, -0.25) is 0 Å². The van der Waals surface area contributed by atoms with Crippen LogP contribution in [-0.2, 0) is 13.0 Å². The number of rotatable bonds is 6. The zero-order chi connectivity index (χ0) is 22.1. The first-order chi connectivity index (χ1) is 14.9. The minimum absolute atomic E-state index is 0.154. The number of aryl methyl sites for hydroxylation is 2. The summed E-state index contributed by atoms with van der Waals surface area (Å²) in [7, 11) is 2.08. The van der Waals surface area contributed by atoms with E-state index in [0.717, 1.165) is 27.8 Å². The second-order valence-corrected chi connectivity index (χ2v) is 8.02. The summed E-state index contributed by atoms with van der Waals surface area (Å²) in [6.07, 6.45) is 3.88. The predicted octanol–water partition coefficient (Wildman–Crippen LogP) is 2.73. The summed E-state index contributed by atoms with van der Waals surface area (Å²) >= 11 is 0. The van der Waals surface area contributed by atoms with Crippen LogP contribution in [0, 0.1) is 6.92 Å². The second-order valence-electron chi connectivity index (χ2n) is 8.02. The van der Waals surface area contributed by atoms with Gasteiger partial charge in [0.05, 0.1) is 18.3 Å². The molecule has 4 rings (SSSR count).